The molecule has 1 fully saturated rings. The molecule has 0 aromatic rings. The molecule has 0 aliphatic heterocycles. The summed E-state index contributed by atoms with van der Waals surface area (Å²) < 4.78 is 0. The summed E-state index contributed by atoms with van der Waals surface area (Å²) in [6, 6.07) is 0. The molecule has 0 aromatic carbocycles. The molecule has 0 N–H and O–H groups in total. The van der Waals surface area contributed by atoms with Gasteiger partial charge in [0.2, 0.25) is 0 Å². The summed E-state index contributed by atoms with van der Waals surface area (Å²) in [5.74, 6) is 1.23. The molecule has 0 amide bonds. The lowest BCUT2D eigenvalue weighted by Crippen LogP contribution is -2.13. The maximum Gasteiger partial charge on any atom is 0.0118 e. The van der Waals surface area contributed by atoms with E-state index in [0.717, 1.165) is 5.25 Å². The number of hydrogen-bond donors (Lipinski definition) is 0. The van der Waals surface area contributed by atoms with E-state index in [1.165, 1.54) is 30.6 Å². The standard InChI is InChI=1S/C9H16S/c1-8(2)6-7-10-9-4-3-5-9/h6,9H,3-5,7H2,1-2H3. The van der Waals surface area contributed by atoms with Crippen molar-refractivity contribution in [3.63, 3.8) is 0 Å². The molecule has 1 rings (SSSR count). The minimum absolute atomic E-state index is 0.996. The van der Waals surface area contributed by atoms with Gasteiger partial charge in [-0.3, -0.25) is 0 Å². The van der Waals surface area contributed by atoms with Gasteiger partial charge in [-0.2, -0.15) is 11.8 Å². The fourth-order valence-electron chi connectivity index (χ4n) is 0.888. The first kappa shape index (κ1) is 8.19. The van der Waals surface area contributed by atoms with Gasteiger partial charge in [0.05, 0.1) is 0 Å². The lowest BCUT2D eigenvalue weighted by atomic mass is 10.0. The number of allylic oxidation sites excluding steroid dienone is 1. The molecule has 0 spiro atoms. The number of thioether (sulfide) groups is 1. The SMILES string of the molecule is CC(C)=CCSC1CCC1. The minimum Gasteiger partial charge on any atom is -0.154 e. The highest BCUT2D eigenvalue weighted by Crippen LogP contribution is 2.31. The monoisotopic (exact) mass is 156 g/mol. The summed E-state index contributed by atoms with van der Waals surface area (Å²) in [6.45, 7) is 4.34. The molecular weight excluding hydrogens is 140 g/mol. The predicted molar refractivity (Wildman–Crippen MR) is 49.5 cm³/mol. The Hall–Kier alpha value is 0.0900. The average Bonchev–Trinajstić information content (AvgIpc) is 1.75. The molecule has 0 heterocycles. The molecule has 1 aliphatic carbocycles. The zero-order valence-corrected chi connectivity index (χ0v) is 7.71. The Labute approximate surface area is 68.1 Å². The van der Waals surface area contributed by atoms with E-state index in [4.69, 9.17) is 0 Å². The van der Waals surface area contributed by atoms with Crippen molar-refractivity contribution in [1.29, 1.82) is 0 Å². The van der Waals surface area contributed by atoms with Gasteiger partial charge in [0.1, 0.15) is 0 Å². The largest absolute Gasteiger partial charge is 0.154 e. The van der Waals surface area contributed by atoms with Crippen LogP contribution in [0.5, 0.6) is 0 Å². The Morgan fingerprint density at radius 3 is 2.60 bits per heavy atom. The van der Waals surface area contributed by atoms with E-state index in [1.54, 1.807) is 0 Å². The van der Waals surface area contributed by atoms with Crippen molar-refractivity contribution < 1.29 is 0 Å². The van der Waals surface area contributed by atoms with Gasteiger partial charge in [-0.25, -0.2) is 0 Å². The van der Waals surface area contributed by atoms with E-state index in [2.05, 4.69) is 31.7 Å². The van der Waals surface area contributed by atoms with Crippen LogP contribution < -0.4 is 0 Å². The van der Waals surface area contributed by atoms with Crippen LogP contribution in [0, 0.1) is 0 Å². The molecule has 0 radical (unpaired) electrons. The second kappa shape index (κ2) is 4.07. The molecule has 0 nitrogen and oxygen atoms in total. The third-order valence-electron chi connectivity index (χ3n) is 1.88. The van der Waals surface area contributed by atoms with Crippen molar-refractivity contribution in [2.75, 3.05) is 5.75 Å². The third kappa shape index (κ3) is 2.78. The maximum atomic E-state index is 2.32. The van der Waals surface area contributed by atoms with Crippen LogP contribution in [-0.4, -0.2) is 11.0 Å². The third-order valence-corrected chi connectivity index (χ3v) is 3.18. The lowest BCUT2D eigenvalue weighted by molar-refractivity contribution is 0.522. The Balaban J connectivity index is 1.99. The molecule has 0 atom stereocenters. The number of hydrogen-bond acceptors (Lipinski definition) is 1. The van der Waals surface area contributed by atoms with Crippen LogP contribution in [0.15, 0.2) is 11.6 Å². The summed E-state index contributed by atoms with van der Waals surface area (Å²) in [7, 11) is 0. The van der Waals surface area contributed by atoms with Gasteiger partial charge in [0.15, 0.2) is 0 Å². The highest BCUT2D eigenvalue weighted by molar-refractivity contribution is 8.00. The van der Waals surface area contributed by atoms with E-state index >= 15 is 0 Å². The predicted octanol–water partition coefficient (Wildman–Crippen LogP) is 3.24. The summed E-state index contributed by atoms with van der Waals surface area (Å²) in [4.78, 5) is 0. The van der Waals surface area contributed by atoms with Gasteiger partial charge in [-0.05, 0) is 26.7 Å². The van der Waals surface area contributed by atoms with Gasteiger partial charge >= 0.3 is 0 Å². The lowest BCUT2D eigenvalue weighted by Gasteiger charge is -2.23. The smallest absolute Gasteiger partial charge is 0.0118 e. The molecule has 1 heteroatoms. The van der Waals surface area contributed by atoms with E-state index in [1.807, 2.05) is 0 Å². The topological polar surface area (TPSA) is 0 Å². The maximum absolute atomic E-state index is 2.32. The summed E-state index contributed by atoms with van der Waals surface area (Å²) in [6.07, 6.45) is 6.71. The van der Waals surface area contributed by atoms with Crippen LogP contribution in [-0.2, 0) is 0 Å². The zero-order valence-electron chi connectivity index (χ0n) is 6.89. The highest BCUT2D eigenvalue weighted by atomic mass is 32.2. The van der Waals surface area contributed by atoms with Crippen molar-refractivity contribution in [2.24, 2.45) is 0 Å². The molecule has 0 unspecified atom stereocenters. The first-order chi connectivity index (χ1) is 4.79. The van der Waals surface area contributed by atoms with Crippen molar-refractivity contribution in [3.05, 3.63) is 11.6 Å². The number of rotatable bonds is 3. The summed E-state index contributed by atoms with van der Waals surface area (Å²) >= 11 is 2.12. The van der Waals surface area contributed by atoms with Crippen LogP contribution in [0.4, 0.5) is 0 Å². The van der Waals surface area contributed by atoms with Crippen molar-refractivity contribution >= 4 is 11.8 Å². The fourth-order valence-corrected chi connectivity index (χ4v) is 2.26. The molecule has 58 valence electrons. The molecule has 1 saturated carbocycles. The van der Waals surface area contributed by atoms with Crippen LogP contribution in [0.25, 0.3) is 0 Å². The van der Waals surface area contributed by atoms with Crippen LogP contribution >= 0.6 is 11.8 Å². The Morgan fingerprint density at radius 2 is 2.20 bits per heavy atom. The molecular formula is C9H16S. The van der Waals surface area contributed by atoms with Crippen LogP contribution in [0.3, 0.4) is 0 Å². The Bertz CT molecular complexity index is 119. The molecule has 0 bridgehead atoms. The average molecular weight is 156 g/mol. The first-order valence-electron chi connectivity index (χ1n) is 4.04. The van der Waals surface area contributed by atoms with Crippen molar-refractivity contribution in [3.8, 4) is 0 Å². The first-order valence-corrected chi connectivity index (χ1v) is 5.09. The normalized spacial score (nSPS) is 18.2. The summed E-state index contributed by atoms with van der Waals surface area (Å²) in [5.41, 5.74) is 1.45. The molecule has 0 saturated heterocycles. The van der Waals surface area contributed by atoms with Gasteiger partial charge in [-0.15, -0.1) is 0 Å². The van der Waals surface area contributed by atoms with Crippen LogP contribution in [0.1, 0.15) is 33.1 Å². The van der Waals surface area contributed by atoms with E-state index < -0.39 is 0 Å². The molecule has 0 aromatic heterocycles. The summed E-state index contributed by atoms with van der Waals surface area (Å²) in [5, 5.41) is 0.996. The highest BCUT2D eigenvalue weighted by Gasteiger charge is 2.16. The minimum atomic E-state index is 0.996. The van der Waals surface area contributed by atoms with Gasteiger partial charge in [-0.1, -0.05) is 18.1 Å². The Morgan fingerprint density at radius 1 is 1.50 bits per heavy atom. The van der Waals surface area contributed by atoms with Gasteiger partial charge in [0.25, 0.3) is 0 Å². The Kier molecular flexibility index (Phi) is 3.33. The molecule has 10 heavy (non-hydrogen) atoms. The molecule has 1 aliphatic rings. The van der Waals surface area contributed by atoms with Gasteiger partial charge < -0.3 is 0 Å². The zero-order chi connectivity index (χ0) is 7.40. The van der Waals surface area contributed by atoms with E-state index in [0.29, 0.717) is 0 Å². The van der Waals surface area contributed by atoms with E-state index in [-0.39, 0.29) is 0 Å². The second-order valence-electron chi connectivity index (χ2n) is 3.17. The van der Waals surface area contributed by atoms with Gasteiger partial charge in [0, 0.05) is 11.0 Å². The van der Waals surface area contributed by atoms with Crippen LogP contribution in [0.2, 0.25) is 0 Å². The quantitative estimate of drug-likeness (QED) is 0.565. The van der Waals surface area contributed by atoms with E-state index in [9.17, 15) is 0 Å². The van der Waals surface area contributed by atoms with Crippen molar-refractivity contribution in [1.82, 2.24) is 0 Å². The van der Waals surface area contributed by atoms with Crippen molar-refractivity contribution in [2.45, 2.75) is 38.4 Å². The second-order valence-corrected chi connectivity index (χ2v) is 4.50. The fraction of sp³-hybridized carbons (Fsp3) is 0.778.